The molecule has 0 aliphatic carbocycles. The molecule has 1 aromatic rings. The lowest BCUT2D eigenvalue weighted by Crippen LogP contribution is -2.41. The first-order chi connectivity index (χ1) is 10.2. The lowest BCUT2D eigenvalue weighted by molar-refractivity contribution is 0.00578. The van der Waals surface area contributed by atoms with Crippen molar-refractivity contribution >= 4 is 25.8 Å². The largest absolute Gasteiger partial charge is 0.491 e. The second kappa shape index (κ2) is 6.42. The second-order valence-electron chi connectivity index (χ2n) is 7.29. The Balaban J connectivity index is 2.22. The summed E-state index contributed by atoms with van der Waals surface area (Å²) in [5.74, 6) is 1.16. The van der Waals surface area contributed by atoms with Gasteiger partial charge >= 0.3 is 7.12 Å². The molecule has 1 fully saturated rings. The molecule has 0 aromatic heterocycles. The molecular weight excluding hydrogens is 291 g/mol. The van der Waals surface area contributed by atoms with Gasteiger partial charge in [-0.2, -0.15) is 12.6 Å². The third-order valence-electron chi connectivity index (χ3n) is 4.69. The van der Waals surface area contributed by atoms with Gasteiger partial charge in [0.2, 0.25) is 0 Å². The van der Waals surface area contributed by atoms with Crippen molar-refractivity contribution in [1.82, 2.24) is 0 Å². The number of hydrogen-bond donors (Lipinski definition) is 1. The maximum atomic E-state index is 6.11. The molecule has 0 atom stereocenters. The molecule has 2 nitrogen and oxygen atoms in total. The summed E-state index contributed by atoms with van der Waals surface area (Å²) in [7, 11) is -0.327. The summed E-state index contributed by atoms with van der Waals surface area (Å²) < 4.78 is 12.2. The van der Waals surface area contributed by atoms with Crippen LogP contribution in [0.4, 0.5) is 0 Å². The fourth-order valence-electron chi connectivity index (χ4n) is 2.37. The average molecular weight is 318 g/mol. The highest BCUT2D eigenvalue weighted by Crippen LogP contribution is 2.39. The number of thiol groups is 1. The summed E-state index contributed by atoms with van der Waals surface area (Å²) in [6, 6.07) is 8.64. The predicted molar refractivity (Wildman–Crippen MR) is 98.4 cm³/mol. The zero-order valence-electron chi connectivity index (χ0n) is 14.5. The molecule has 0 N–H and O–H groups in total. The lowest BCUT2D eigenvalue weighted by atomic mass is 9.78. The Morgan fingerprint density at radius 1 is 1.09 bits per heavy atom. The fourth-order valence-corrected chi connectivity index (χ4v) is 2.61. The van der Waals surface area contributed by atoms with E-state index in [1.165, 1.54) is 5.56 Å². The van der Waals surface area contributed by atoms with Crippen LogP contribution in [-0.4, -0.2) is 24.1 Å². The van der Waals surface area contributed by atoms with Crippen LogP contribution in [0, 0.1) is 0 Å². The highest BCUT2D eigenvalue weighted by atomic mass is 32.1. The van der Waals surface area contributed by atoms with Gasteiger partial charge in [-0.05, 0) is 50.2 Å². The molecule has 0 spiro atoms. The van der Waals surface area contributed by atoms with Crippen molar-refractivity contribution < 1.29 is 9.31 Å². The summed E-state index contributed by atoms with van der Waals surface area (Å²) in [6.45, 7) is 12.7. The molecular formula is C18H27BO2S. The van der Waals surface area contributed by atoms with Gasteiger partial charge in [0.25, 0.3) is 0 Å². The van der Waals surface area contributed by atoms with E-state index in [9.17, 15) is 0 Å². The molecule has 0 saturated carbocycles. The van der Waals surface area contributed by atoms with Gasteiger partial charge < -0.3 is 9.31 Å². The maximum absolute atomic E-state index is 6.11. The lowest BCUT2D eigenvalue weighted by Gasteiger charge is -2.32. The van der Waals surface area contributed by atoms with Crippen LogP contribution in [-0.2, 0) is 9.31 Å². The van der Waals surface area contributed by atoms with E-state index in [0.29, 0.717) is 11.7 Å². The third-order valence-corrected chi connectivity index (χ3v) is 5.06. The van der Waals surface area contributed by atoms with Crippen molar-refractivity contribution in [2.24, 2.45) is 0 Å². The molecule has 1 aromatic carbocycles. The molecule has 1 aliphatic rings. The first kappa shape index (κ1) is 17.6. The van der Waals surface area contributed by atoms with E-state index < -0.39 is 0 Å². The molecule has 1 aliphatic heterocycles. The maximum Gasteiger partial charge on any atom is 0.491 e. The van der Waals surface area contributed by atoms with E-state index in [1.54, 1.807) is 0 Å². The van der Waals surface area contributed by atoms with Crippen molar-refractivity contribution in [3.63, 3.8) is 0 Å². The Morgan fingerprint density at radius 3 is 2.00 bits per heavy atom. The zero-order chi connectivity index (χ0) is 16.5. The SMILES string of the molecule is CC(C)c1ccc(C=C(CS)B2OC(C)(C)C(C)(C)O2)cc1. The van der Waals surface area contributed by atoms with Crippen LogP contribution >= 0.6 is 12.6 Å². The summed E-state index contributed by atoms with van der Waals surface area (Å²) >= 11 is 4.46. The first-order valence-electron chi connectivity index (χ1n) is 7.93. The highest BCUT2D eigenvalue weighted by molar-refractivity contribution is 7.80. The zero-order valence-corrected chi connectivity index (χ0v) is 15.4. The van der Waals surface area contributed by atoms with Gasteiger partial charge in [0, 0.05) is 5.75 Å². The quantitative estimate of drug-likeness (QED) is 0.638. The van der Waals surface area contributed by atoms with Gasteiger partial charge in [-0.15, -0.1) is 0 Å². The monoisotopic (exact) mass is 318 g/mol. The van der Waals surface area contributed by atoms with Crippen molar-refractivity contribution in [3.8, 4) is 0 Å². The minimum atomic E-state index is -0.327. The van der Waals surface area contributed by atoms with E-state index in [-0.39, 0.29) is 18.3 Å². The summed E-state index contributed by atoms with van der Waals surface area (Å²) in [6.07, 6.45) is 2.12. The first-order valence-corrected chi connectivity index (χ1v) is 8.56. The molecule has 120 valence electrons. The molecule has 1 saturated heterocycles. The molecule has 0 bridgehead atoms. The molecule has 4 heteroatoms. The number of rotatable bonds is 4. The molecule has 0 radical (unpaired) electrons. The highest BCUT2D eigenvalue weighted by Gasteiger charge is 2.52. The van der Waals surface area contributed by atoms with Crippen LogP contribution in [0.5, 0.6) is 0 Å². The van der Waals surface area contributed by atoms with E-state index in [2.05, 4.69) is 84.5 Å². The van der Waals surface area contributed by atoms with Crippen LogP contribution in [0.3, 0.4) is 0 Å². The fraction of sp³-hybridized carbons (Fsp3) is 0.556. The smallest absolute Gasteiger partial charge is 0.400 e. The second-order valence-corrected chi connectivity index (χ2v) is 7.60. The van der Waals surface area contributed by atoms with Crippen molar-refractivity contribution in [2.45, 2.75) is 58.7 Å². The Hall–Kier alpha value is -0.705. The summed E-state index contributed by atoms with van der Waals surface area (Å²) in [4.78, 5) is 0. The Kier molecular flexibility index (Phi) is 5.15. The predicted octanol–water partition coefficient (Wildman–Crippen LogP) is 4.75. The molecule has 0 unspecified atom stereocenters. The topological polar surface area (TPSA) is 18.5 Å². The number of hydrogen-bond acceptors (Lipinski definition) is 3. The standard InChI is InChI=1S/C18H27BO2S/c1-13(2)15-9-7-14(8-10-15)11-16(12-22)19-20-17(3,4)18(5,6)21-19/h7-11,13,22H,12H2,1-6H3. The minimum absolute atomic E-state index is 0.318. The molecule has 22 heavy (non-hydrogen) atoms. The molecule has 1 heterocycles. The normalized spacial score (nSPS) is 20.7. The van der Waals surface area contributed by atoms with Crippen LogP contribution in [0.2, 0.25) is 0 Å². The summed E-state index contributed by atoms with van der Waals surface area (Å²) in [5, 5.41) is 0. The van der Waals surface area contributed by atoms with Crippen molar-refractivity contribution in [2.75, 3.05) is 5.75 Å². The Bertz CT molecular complexity index is 531. The van der Waals surface area contributed by atoms with E-state index in [1.807, 2.05) is 0 Å². The number of benzene rings is 1. The van der Waals surface area contributed by atoms with Crippen LogP contribution < -0.4 is 0 Å². The van der Waals surface area contributed by atoms with Crippen molar-refractivity contribution in [3.05, 3.63) is 40.9 Å². The van der Waals surface area contributed by atoms with Gasteiger partial charge in [-0.1, -0.05) is 44.2 Å². The molecule has 2 rings (SSSR count). The van der Waals surface area contributed by atoms with E-state index >= 15 is 0 Å². The molecule has 0 amide bonds. The van der Waals surface area contributed by atoms with Crippen LogP contribution in [0.25, 0.3) is 6.08 Å². The summed E-state index contributed by atoms with van der Waals surface area (Å²) in [5.41, 5.74) is 2.92. The van der Waals surface area contributed by atoms with Gasteiger partial charge in [-0.3, -0.25) is 0 Å². The van der Waals surface area contributed by atoms with Crippen LogP contribution in [0.15, 0.2) is 29.7 Å². The van der Waals surface area contributed by atoms with Gasteiger partial charge in [0.1, 0.15) is 0 Å². The Morgan fingerprint density at radius 2 is 1.59 bits per heavy atom. The Labute approximate surface area is 140 Å². The van der Waals surface area contributed by atoms with Gasteiger partial charge in [0.15, 0.2) is 0 Å². The van der Waals surface area contributed by atoms with E-state index in [4.69, 9.17) is 9.31 Å². The van der Waals surface area contributed by atoms with Crippen LogP contribution in [0.1, 0.15) is 58.6 Å². The van der Waals surface area contributed by atoms with Crippen molar-refractivity contribution in [1.29, 1.82) is 0 Å². The average Bonchev–Trinajstić information content (AvgIpc) is 2.65. The van der Waals surface area contributed by atoms with E-state index in [0.717, 1.165) is 11.0 Å². The third kappa shape index (κ3) is 3.61. The van der Waals surface area contributed by atoms with Gasteiger partial charge in [0.05, 0.1) is 11.2 Å². The minimum Gasteiger partial charge on any atom is -0.400 e. The van der Waals surface area contributed by atoms with Gasteiger partial charge in [-0.25, -0.2) is 0 Å².